The third kappa shape index (κ3) is 4.94. The summed E-state index contributed by atoms with van der Waals surface area (Å²) in [6.07, 6.45) is 1.42. The van der Waals surface area contributed by atoms with Crippen molar-refractivity contribution in [2.75, 3.05) is 19.0 Å². The van der Waals surface area contributed by atoms with Gasteiger partial charge in [-0.3, -0.25) is 5.32 Å². The van der Waals surface area contributed by atoms with Crippen molar-refractivity contribution in [3.63, 3.8) is 0 Å². The molecule has 34 heavy (non-hydrogen) atoms. The number of carbonyl (C=O) groups excluding carboxylic acids is 1. The summed E-state index contributed by atoms with van der Waals surface area (Å²) in [5, 5.41) is 14.7. The molecule has 176 valence electrons. The Hall–Kier alpha value is -3.71. The fraction of sp³-hybridized carbons (Fsp3) is 0.259. The largest absolute Gasteiger partial charge is 0.496 e. The normalized spacial score (nSPS) is 11.6. The quantitative estimate of drug-likeness (QED) is 0.306. The second kappa shape index (κ2) is 9.27. The number of fused-ring (bicyclic) bond motifs is 3. The standard InChI is InChI=1S/C27H27FN2O4/c1-27(2,3)34-26(32)29-20-8-5-17(6-9-20)22-15-21-18(13-25(22)33-4)16-30(11-12-31)24-10-7-19(28)14-23(21)24/h5-10,13-16,31H,11-12H2,1-4H3/p+1. The number of aliphatic hydroxyl groups is 1. The number of hydrogen-bond acceptors (Lipinski definition) is 4. The van der Waals surface area contributed by atoms with Gasteiger partial charge in [0.25, 0.3) is 0 Å². The van der Waals surface area contributed by atoms with Gasteiger partial charge in [0, 0.05) is 22.7 Å². The molecule has 3 aromatic carbocycles. The van der Waals surface area contributed by atoms with E-state index in [0.717, 1.165) is 32.8 Å². The van der Waals surface area contributed by atoms with Crippen LogP contribution in [-0.4, -0.2) is 30.5 Å². The van der Waals surface area contributed by atoms with Gasteiger partial charge < -0.3 is 14.6 Å². The molecule has 4 aromatic rings. The molecule has 1 aromatic heterocycles. The van der Waals surface area contributed by atoms with Crippen molar-refractivity contribution in [1.82, 2.24) is 0 Å². The van der Waals surface area contributed by atoms with Crippen LogP contribution in [0.25, 0.3) is 32.8 Å². The van der Waals surface area contributed by atoms with Crippen LogP contribution in [0.4, 0.5) is 14.9 Å². The van der Waals surface area contributed by atoms with Crippen LogP contribution >= 0.6 is 0 Å². The molecule has 0 unspecified atom stereocenters. The zero-order valence-electron chi connectivity index (χ0n) is 19.7. The summed E-state index contributed by atoms with van der Waals surface area (Å²) in [6.45, 7) is 5.79. The number of pyridine rings is 1. The lowest BCUT2D eigenvalue weighted by molar-refractivity contribution is -0.671. The van der Waals surface area contributed by atoms with E-state index in [1.54, 1.807) is 25.3 Å². The molecule has 0 aliphatic carbocycles. The van der Waals surface area contributed by atoms with Crippen molar-refractivity contribution in [2.24, 2.45) is 0 Å². The smallest absolute Gasteiger partial charge is 0.412 e. The molecule has 7 heteroatoms. The zero-order valence-corrected chi connectivity index (χ0v) is 19.7. The van der Waals surface area contributed by atoms with E-state index in [-0.39, 0.29) is 12.4 Å². The Kier molecular flexibility index (Phi) is 6.39. The molecule has 0 saturated heterocycles. The summed E-state index contributed by atoms with van der Waals surface area (Å²) < 4.78 is 27.1. The van der Waals surface area contributed by atoms with Crippen LogP contribution in [0.1, 0.15) is 20.8 Å². The topological polar surface area (TPSA) is 71.7 Å². The summed E-state index contributed by atoms with van der Waals surface area (Å²) in [5.41, 5.74) is 2.57. The molecule has 0 saturated carbocycles. The maximum atomic E-state index is 14.2. The fourth-order valence-corrected chi connectivity index (χ4v) is 3.99. The molecular formula is C27H28FN2O4+. The van der Waals surface area contributed by atoms with Crippen LogP contribution in [0.5, 0.6) is 5.75 Å². The molecule has 0 bridgehead atoms. The summed E-state index contributed by atoms with van der Waals surface area (Å²) in [7, 11) is 1.60. The second-order valence-corrected chi connectivity index (χ2v) is 9.05. The molecule has 4 rings (SSSR count). The number of rotatable bonds is 5. The van der Waals surface area contributed by atoms with Gasteiger partial charge in [-0.2, -0.15) is 4.57 Å². The van der Waals surface area contributed by atoms with E-state index in [2.05, 4.69) is 5.32 Å². The van der Waals surface area contributed by atoms with E-state index in [1.165, 1.54) is 12.1 Å². The first-order valence-corrected chi connectivity index (χ1v) is 11.0. The lowest BCUT2D eigenvalue weighted by Crippen LogP contribution is -2.36. The number of carbonyl (C=O) groups is 1. The van der Waals surface area contributed by atoms with Crippen LogP contribution < -0.4 is 14.6 Å². The lowest BCUT2D eigenvalue weighted by Gasteiger charge is -2.19. The Labute approximate surface area is 197 Å². The molecule has 0 atom stereocenters. The van der Waals surface area contributed by atoms with Gasteiger partial charge in [-0.05, 0) is 62.7 Å². The van der Waals surface area contributed by atoms with Gasteiger partial charge in [0.05, 0.1) is 17.9 Å². The molecule has 0 radical (unpaired) electrons. The number of methoxy groups -OCH3 is 1. The van der Waals surface area contributed by atoms with Crippen molar-refractivity contribution in [2.45, 2.75) is 32.9 Å². The molecule has 1 amide bonds. The summed E-state index contributed by atoms with van der Waals surface area (Å²) in [5.74, 6) is 0.331. The highest BCUT2D eigenvalue weighted by Crippen LogP contribution is 2.36. The molecule has 2 N–H and O–H groups in total. The first kappa shape index (κ1) is 23.4. The highest BCUT2D eigenvalue weighted by atomic mass is 19.1. The van der Waals surface area contributed by atoms with Crippen molar-refractivity contribution >= 4 is 33.5 Å². The number of nitrogens with one attached hydrogen (secondary N) is 1. The third-order valence-electron chi connectivity index (χ3n) is 5.41. The van der Waals surface area contributed by atoms with Crippen molar-refractivity contribution in [1.29, 1.82) is 0 Å². The van der Waals surface area contributed by atoms with Crippen LogP contribution in [0.2, 0.25) is 0 Å². The number of halogens is 1. The Morgan fingerprint density at radius 2 is 1.79 bits per heavy atom. The average Bonchev–Trinajstić information content (AvgIpc) is 2.77. The Balaban J connectivity index is 1.78. The highest BCUT2D eigenvalue weighted by Gasteiger charge is 2.18. The number of ether oxygens (including phenoxy) is 2. The van der Waals surface area contributed by atoms with E-state index >= 15 is 0 Å². The van der Waals surface area contributed by atoms with Crippen molar-refractivity contribution in [3.8, 4) is 16.9 Å². The third-order valence-corrected chi connectivity index (χ3v) is 5.41. The molecule has 0 fully saturated rings. The predicted molar refractivity (Wildman–Crippen MR) is 131 cm³/mol. The molecule has 1 heterocycles. The number of hydrogen-bond donors (Lipinski definition) is 2. The van der Waals surface area contributed by atoms with E-state index < -0.39 is 11.7 Å². The first-order chi connectivity index (χ1) is 16.2. The van der Waals surface area contributed by atoms with Gasteiger partial charge in [-0.25, -0.2) is 9.18 Å². The summed E-state index contributed by atoms with van der Waals surface area (Å²) in [6, 6.07) is 15.9. The molecular weight excluding hydrogens is 435 g/mol. The highest BCUT2D eigenvalue weighted by molar-refractivity contribution is 6.06. The van der Waals surface area contributed by atoms with Gasteiger partial charge in [-0.15, -0.1) is 0 Å². The predicted octanol–water partition coefficient (Wildman–Crippen LogP) is 5.43. The number of aliphatic hydroxyl groups excluding tert-OH is 1. The Morgan fingerprint density at radius 3 is 2.44 bits per heavy atom. The van der Waals surface area contributed by atoms with Crippen molar-refractivity contribution < 1.29 is 28.3 Å². The van der Waals surface area contributed by atoms with Crippen LogP contribution in [0.15, 0.2) is 60.8 Å². The summed E-state index contributed by atoms with van der Waals surface area (Å²) >= 11 is 0. The zero-order chi connectivity index (χ0) is 24.5. The number of amides is 1. The Bertz CT molecular complexity index is 1360. The van der Waals surface area contributed by atoms with Crippen LogP contribution in [0.3, 0.4) is 0 Å². The van der Waals surface area contributed by atoms with E-state index in [0.29, 0.717) is 18.0 Å². The lowest BCUT2D eigenvalue weighted by atomic mass is 9.98. The molecule has 0 aliphatic heterocycles. The van der Waals surface area contributed by atoms with E-state index in [4.69, 9.17) is 9.47 Å². The van der Waals surface area contributed by atoms with E-state index in [9.17, 15) is 14.3 Å². The van der Waals surface area contributed by atoms with Gasteiger partial charge in [0.1, 0.15) is 23.8 Å². The first-order valence-electron chi connectivity index (χ1n) is 11.0. The summed E-state index contributed by atoms with van der Waals surface area (Å²) in [4.78, 5) is 12.1. The minimum absolute atomic E-state index is 0.0262. The van der Waals surface area contributed by atoms with Gasteiger partial charge in [0.2, 0.25) is 5.52 Å². The van der Waals surface area contributed by atoms with Crippen LogP contribution in [-0.2, 0) is 11.3 Å². The maximum absolute atomic E-state index is 14.2. The van der Waals surface area contributed by atoms with E-state index in [1.807, 2.05) is 55.8 Å². The SMILES string of the molecule is COc1cc2c[n+](CCO)c3ccc(F)cc3c2cc1-c1ccc(NC(=O)OC(C)(C)C)cc1. The fourth-order valence-electron chi connectivity index (χ4n) is 3.99. The Morgan fingerprint density at radius 1 is 1.06 bits per heavy atom. The number of anilines is 1. The molecule has 0 aliphatic rings. The van der Waals surface area contributed by atoms with Crippen molar-refractivity contribution in [3.05, 3.63) is 66.6 Å². The number of benzene rings is 3. The monoisotopic (exact) mass is 463 g/mol. The van der Waals surface area contributed by atoms with Gasteiger partial charge in [0.15, 0.2) is 12.7 Å². The number of aromatic nitrogens is 1. The average molecular weight is 464 g/mol. The van der Waals surface area contributed by atoms with Crippen LogP contribution in [0, 0.1) is 5.82 Å². The molecule has 0 spiro atoms. The van der Waals surface area contributed by atoms with Gasteiger partial charge in [-0.1, -0.05) is 12.1 Å². The second-order valence-electron chi connectivity index (χ2n) is 9.05. The molecule has 6 nitrogen and oxygen atoms in total. The number of nitrogens with zero attached hydrogens (tertiary/aromatic N) is 1. The maximum Gasteiger partial charge on any atom is 0.412 e. The minimum atomic E-state index is -0.583. The van der Waals surface area contributed by atoms with Gasteiger partial charge >= 0.3 is 6.09 Å². The minimum Gasteiger partial charge on any atom is -0.496 e.